The van der Waals surface area contributed by atoms with E-state index in [1.165, 1.54) is 37.0 Å². The van der Waals surface area contributed by atoms with Crippen LogP contribution in [0.1, 0.15) is 42.5 Å². The third-order valence-corrected chi connectivity index (χ3v) is 5.52. The molecule has 2 amide bonds. The second-order valence-electron chi connectivity index (χ2n) is 7.67. The average molecular weight is 397 g/mol. The molecular weight excluding hydrogens is 366 g/mol. The zero-order valence-electron chi connectivity index (χ0n) is 17.2. The summed E-state index contributed by atoms with van der Waals surface area (Å²) in [4.78, 5) is 26.0. The normalized spacial score (nSPS) is 15.4. The summed E-state index contributed by atoms with van der Waals surface area (Å²) >= 11 is 0. The van der Waals surface area contributed by atoms with Crippen molar-refractivity contribution < 1.29 is 19.2 Å². The summed E-state index contributed by atoms with van der Waals surface area (Å²) in [5.74, 6) is 0.539. The number of rotatable bonds is 7. The van der Waals surface area contributed by atoms with E-state index in [-0.39, 0.29) is 11.8 Å². The second kappa shape index (κ2) is 10.1. The van der Waals surface area contributed by atoms with Crippen molar-refractivity contribution in [3.63, 3.8) is 0 Å². The van der Waals surface area contributed by atoms with Crippen LogP contribution >= 0.6 is 0 Å². The van der Waals surface area contributed by atoms with E-state index >= 15 is 0 Å². The summed E-state index contributed by atoms with van der Waals surface area (Å²) in [6.07, 6.45) is 6.26. The van der Waals surface area contributed by atoms with Gasteiger partial charge in [0, 0.05) is 16.9 Å². The molecule has 2 aromatic rings. The minimum atomic E-state index is -0.200. The molecule has 0 radical (unpaired) electrons. The Morgan fingerprint density at radius 3 is 2.14 bits per heavy atom. The number of amides is 2. The Kier molecular flexibility index (Phi) is 7.25. The van der Waals surface area contributed by atoms with E-state index in [1.807, 2.05) is 0 Å². The van der Waals surface area contributed by atoms with Gasteiger partial charge in [-0.15, -0.1) is 0 Å². The Hall–Kier alpha value is -2.86. The van der Waals surface area contributed by atoms with Crippen molar-refractivity contribution in [3.05, 3.63) is 54.1 Å². The number of hydrogen-bond acceptors (Lipinski definition) is 3. The maximum Gasteiger partial charge on any atom is 0.279 e. The fourth-order valence-corrected chi connectivity index (χ4v) is 3.78. The summed E-state index contributed by atoms with van der Waals surface area (Å²) in [6, 6.07) is 14.7. The number of benzene rings is 2. The van der Waals surface area contributed by atoms with E-state index in [2.05, 4.69) is 17.7 Å². The summed E-state index contributed by atoms with van der Waals surface area (Å²) in [7, 11) is 3.70. The Balaban J connectivity index is 1.50. The van der Waals surface area contributed by atoms with Crippen LogP contribution in [0.5, 0.6) is 5.75 Å². The molecule has 1 fully saturated rings. The fourth-order valence-electron chi connectivity index (χ4n) is 3.78. The number of carbonyl (C=O) groups is 2. The van der Waals surface area contributed by atoms with Crippen LogP contribution in [0.3, 0.4) is 0 Å². The van der Waals surface area contributed by atoms with Crippen molar-refractivity contribution in [3.8, 4) is 5.75 Å². The van der Waals surface area contributed by atoms with E-state index in [1.54, 1.807) is 55.6 Å². The molecule has 1 aliphatic rings. The maximum atomic E-state index is 12.4. The average Bonchev–Trinajstić information content (AvgIpc) is 2.75. The molecule has 0 saturated heterocycles. The SMILES string of the molecule is COc1ccc(NC(=O)c2ccc(NC(=O)C[NH+](C)C3CCCCC3)cc2)cc1. The first kappa shape index (κ1) is 20.9. The lowest BCUT2D eigenvalue weighted by atomic mass is 9.94. The number of hydrogen-bond donors (Lipinski definition) is 3. The summed E-state index contributed by atoms with van der Waals surface area (Å²) in [5.41, 5.74) is 1.93. The van der Waals surface area contributed by atoms with Crippen molar-refractivity contribution >= 4 is 23.2 Å². The molecule has 6 nitrogen and oxygen atoms in total. The first-order valence-corrected chi connectivity index (χ1v) is 10.2. The molecule has 1 saturated carbocycles. The monoisotopic (exact) mass is 396 g/mol. The van der Waals surface area contributed by atoms with Gasteiger partial charge in [0.1, 0.15) is 5.75 Å². The highest BCUT2D eigenvalue weighted by Crippen LogP contribution is 2.17. The smallest absolute Gasteiger partial charge is 0.279 e. The van der Waals surface area contributed by atoms with E-state index in [9.17, 15) is 9.59 Å². The predicted octanol–water partition coefficient (Wildman–Crippen LogP) is 2.73. The third-order valence-electron chi connectivity index (χ3n) is 5.52. The number of likely N-dealkylation sites (N-methyl/N-ethyl adjacent to an activating group) is 1. The molecule has 3 N–H and O–H groups in total. The summed E-state index contributed by atoms with van der Waals surface area (Å²) < 4.78 is 5.11. The summed E-state index contributed by atoms with van der Waals surface area (Å²) in [5, 5.41) is 5.78. The van der Waals surface area contributed by atoms with Crippen molar-refractivity contribution in [1.29, 1.82) is 0 Å². The van der Waals surface area contributed by atoms with Gasteiger partial charge in [-0.3, -0.25) is 9.59 Å². The van der Waals surface area contributed by atoms with Crippen LogP contribution in [-0.2, 0) is 4.79 Å². The van der Waals surface area contributed by atoms with Gasteiger partial charge in [-0.1, -0.05) is 6.42 Å². The third kappa shape index (κ3) is 6.06. The minimum absolute atomic E-state index is 0.00325. The molecule has 154 valence electrons. The van der Waals surface area contributed by atoms with Crippen molar-refractivity contribution in [2.24, 2.45) is 0 Å². The van der Waals surface area contributed by atoms with Crippen LogP contribution < -0.4 is 20.3 Å². The van der Waals surface area contributed by atoms with E-state index < -0.39 is 0 Å². The van der Waals surface area contributed by atoms with Crippen LogP contribution in [-0.4, -0.2) is 38.6 Å². The van der Waals surface area contributed by atoms with Gasteiger partial charge in [0.25, 0.3) is 11.8 Å². The quantitative estimate of drug-likeness (QED) is 0.674. The zero-order chi connectivity index (χ0) is 20.6. The first-order chi connectivity index (χ1) is 14.0. The zero-order valence-corrected chi connectivity index (χ0v) is 17.2. The molecule has 3 rings (SSSR count). The molecule has 6 heteroatoms. The lowest BCUT2D eigenvalue weighted by molar-refractivity contribution is -0.899. The molecular formula is C23H30N3O3+. The summed E-state index contributed by atoms with van der Waals surface area (Å²) in [6.45, 7) is 0.463. The second-order valence-corrected chi connectivity index (χ2v) is 7.67. The number of quaternary nitrogens is 1. The molecule has 1 aliphatic carbocycles. The van der Waals surface area contributed by atoms with Crippen LogP contribution in [0.4, 0.5) is 11.4 Å². The number of nitrogens with one attached hydrogen (secondary N) is 3. The van der Waals surface area contributed by atoms with E-state index in [0.717, 1.165) is 5.75 Å². The number of anilines is 2. The maximum absolute atomic E-state index is 12.4. The van der Waals surface area contributed by atoms with Gasteiger partial charge in [-0.25, -0.2) is 0 Å². The largest absolute Gasteiger partial charge is 0.497 e. The van der Waals surface area contributed by atoms with Crippen molar-refractivity contribution in [2.45, 2.75) is 38.1 Å². The first-order valence-electron chi connectivity index (χ1n) is 10.2. The van der Waals surface area contributed by atoms with Gasteiger partial charge < -0.3 is 20.3 Å². The van der Waals surface area contributed by atoms with Crippen molar-refractivity contribution in [1.82, 2.24) is 0 Å². The molecule has 0 spiro atoms. The molecule has 2 aromatic carbocycles. The van der Waals surface area contributed by atoms with Crippen LogP contribution in [0.15, 0.2) is 48.5 Å². The predicted molar refractivity (Wildman–Crippen MR) is 115 cm³/mol. The highest BCUT2D eigenvalue weighted by Gasteiger charge is 2.23. The van der Waals surface area contributed by atoms with Gasteiger partial charge in [-0.2, -0.15) is 0 Å². The lowest BCUT2D eigenvalue weighted by Crippen LogP contribution is -3.14. The van der Waals surface area contributed by atoms with Gasteiger partial charge in [0.15, 0.2) is 6.54 Å². The molecule has 29 heavy (non-hydrogen) atoms. The number of methoxy groups -OCH3 is 1. The number of ether oxygens (including phenoxy) is 1. The Morgan fingerprint density at radius 1 is 0.931 bits per heavy atom. The lowest BCUT2D eigenvalue weighted by Gasteiger charge is -2.27. The van der Waals surface area contributed by atoms with Crippen LogP contribution in [0.2, 0.25) is 0 Å². The van der Waals surface area contributed by atoms with Crippen molar-refractivity contribution in [2.75, 3.05) is 31.3 Å². The molecule has 0 heterocycles. The van der Waals surface area contributed by atoms with Gasteiger partial charge >= 0.3 is 0 Å². The van der Waals surface area contributed by atoms with Crippen LogP contribution in [0.25, 0.3) is 0 Å². The van der Waals surface area contributed by atoms with E-state index in [0.29, 0.717) is 29.5 Å². The highest BCUT2D eigenvalue weighted by atomic mass is 16.5. The topological polar surface area (TPSA) is 71.9 Å². The Morgan fingerprint density at radius 2 is 1.52 bits per heavy atom. The van der Waals surface area contributed by atoms with Gasteiger partial charge in [-0.05, 0) is 74.2 Å². The van der Waals surface area contributed by atoms with Gasteiger partial charge in [0.05, 0.1) is 20.2 Å². The molecule has 0 bridgehead atoms. The standard InChI is InChI=1S/C23H29N3O3/c1-26(20-6-4-3-5-7-20)16-22(27)24-18-10-8-17(9-11-18)23(28)25-19-12-14-21(29-2)15-13-19/h8-15,20H,3-7,16H2,1-2H3,(H,24,27)(H,25,28)/p+1. The van der Waals surface area contributed by atoms with E-state index in [4.69, 9.17) is 4.74 Å². The molecule has 1 atom stereocenters. The Bertz CT molecular complexity index is 812. The van der Waals surface area contributed by atoms with Crippen LogP contribution in [0, 0.1) is 0 Å². The minimum Gasteiger partial charge on any atom is -0.497 e. The van der Waals surface area contributed by atoms with Gasteiger partial charge in [0.2, 0.25) is 0 Å². The molecule has 1 unspecified atom stereocenters. The molecule has 0 aliphatic heterocycles. The Labute approximate surface area is 172 Å². The molecule has 0 aromatic heterocycles. The number of carbonyl (C=O) groups excluding carboxylic acids is 2. The fraction of sp³-hybridized carbons (Fsp3) is 0.391. The highest BCUT2D eigenvalue weighted by molar-refractivity contribution is 6.04.